The number of carbonyl (C=O) groups is 1. The zero-order chi connectivity index (χ0) is 20.4. The summed E-state index contributed by atoms with van der Waals surface area (Å²) in [6, 6.07) is 16.5. The fourth-order valence-electron chi connectivity index (χ4n) is 4.29. The van der Waals surface area contributed by atoms with Crippen LogP contribution in [0.2, 0.25) is 5.02 Å². The van der Waals surface area contributed by atoms with Crippen LogP contribution in [0.25, 0.3) is 0 Å². The molecule has 2 aromatic carbocycles. The highest BCUT2D eigenvalue weighted by Gasteiger charge is 2.35. The van der Waals surface area contributed by atoms with Crippen LogP contribution in [0.3, 0.4) is 0 Å². The predicted molar refractivity (Wildman–Crippen MR) is 118 cm³/mol. The van der Waals surface area contributed by atoms with Gasteiger partial charge in [0.05, 0.1) is 18.3 Å². The molecular weight excluding hydrogens is 382 g/mol. The van der Waals surface area contributed by atoms with Crippen molar-refractivity contribution in [1.29, 1.82) is 0 Å². The minimum absolute atomic E-state index is 0.0615. The van der Waals surface area contributed by atoms with Gasteiger partial charge >= 0.3 is 0 Å². The molecule has 1 fully saturated rings. The predicted octanol–water partition coefficient (Wildman–Crippen LogP) is 5.20. The fraction of sp³-hybridized carbons (Fsp3) is 0.417. The zero-order valence-electron chi connectivity index (χ0n) is 17.1. The van der Waals surface area contributed by atoms with Gasteiger partial charge in [-0.15, -0.1) is 0 Å². The Hall–Kier alpha value is -2.17. The zero-order valence-corrected chi connectivity index (χ0v) is 17.9. The molecule has 0 bridgehead atoms. The molecule has 4 nitrogen and oxygen atoms in total. The van der Waals surface area contributed by atoms with E-state index in [1.165, 1.54) is 12.0 Å². The Morgan fingerprint density at radius 2 is 1.90 bits per heavy atom. The molecule has 0 saturated carbocycles. The number of rotatable bonds is 4. The molecule has 2 unspecified atom stereocenters. The summed E-state index contributed by atoms with van der Waals surface area (Å²) in [4.78, 5) is 15.6. The van der Waals surface area contributed by atoms with Crippen molar-refractivity contribution in [3.63, 3.8) is 0 Å². The van der Waals surface area contributed by atoms with Gasteiger partial charge in [-0.3, -0.25) is 9.69 Å². The van der Waals surface area contributed by atoms with Gasteiger partial charge in [0, 0.05) is 23.0 Å². The molecule has 5 heteroatoms. The van der Waals surface area contributed by atoms with Gasteiger partial charge in [0.2, 0.25) is 0 Å². The summed E-state index contributed by atoms with van der Waals surface area (Å²) in [5, 5.41) is 7.15. The molecule has 29 heavy (non-hydrogen) atoms. The molecule has 2 aromatic rings. The van der Waals surface area contributed by atoms with E-state index in [1.54, 1.807) is 5.01 Å². The van der Waals surface area contributed by atoms with E-state index < -0.39 is 0 Å². The van der Waals surface area contributed by atoms with Gasteiger partial charge in [0.15, 0.2) is 0 Å². The van der Waals surface area contributed by atoms with E-state index in [4.69, 9.17) is 16.7 Å². The first-order chi connectivity index (χ1) is 14.0. The molecule has 1 saturated heterocycles. The van der Waals surface area contributed by atoms with Gasteiger partial charge in [0.25, 0.3) is 5.91 Å². The third-order valence-corrected chi connectivity index (χ3v) is 6.42. The lowest BCUT2D eigenvalue weighted by Crippen LogP contribution is -2.44. The minimum atomic E-state index is -0.0885. The van der Waals surface area contributed by atoms with Crippen LogP contribution in [0.15, 0.2) is 53.6 Å². The van der Waals surface area contributed by atoms with Crippen molar-refractivity contribution in [2.45, 2.75) is 51.6 Å². The average Bonchev–Trinajstić information content (AvgIpc) is 3.16. The van der Waals surface area contributed by atoms with Crippen molar-refractivity contribution < 1.29 is 4.79 Å². The third-order valence-electron chi connectivity index (χ3n) is 6.09. The SMILES string of the molecule is Cc1ccc(C2CC(c3ccccc3Cl)=NN2C(=O)CN2CCCCC2C)cc1. The lowest BCUT2D eigenvalue weighted by atomic mass is 9.97. The molecule has 0 radical (unpaired) electrons. The largest absolute Gasteiger partial charge is 0.292 e. The van der Waals surface area contributed by atoms with Crippen molar-refractivity contribution in [3.05, 3.63) is 70.2 Å². The van der Waals surface area contributed by atoms with E-state index in [2.05, 4.69) is 43.0 Å². The Morgan fingerprint density at radius 1 is 1.14 bits per heavy atom. The summed E-state index contributed by atoms with van der Waals surface area (Å²) in [6.45, 7) is 5.69. The Balaban J connectivity index is 1.62. The molecular formula is C24H28ClN3O. The van der Waals surface area contributed by atoms with Crippen molar-refractivity contribution in [3.8, 4) is 0 Å². The fourth-order valence-corrected chi connectivity index (χ4v) is 4.53. The van der Waals surface area contributed by atoms with E-state index in [1.807, 2.05) is 24.3 Å². The molecule has 0 spiro atoms. The van der Waals surface area contributed by atoms with Gasteiger partial charge in [-0.2, -0.15) is 5.10 Å². The van der Waals surface area contributed by atoms with E-state index in [-0.39, 0.29) is 11.9 Å². The Labute approximate surface area is 178 Å². The number of hydrazone groups is 1. The van der Waals surface area contributed by atoms with Crippen LogP contribution in [0, 0.1) is 6.92 Å². The number of nitrogens with zero attached hydrogens (tertiary/aromatic N) is 3. The van der Waals surface area contributed by atoms with Gasteiger partial charge in [-0.1, -0.05) is 66.0 Å². The molecule has 152 valence electrons. The smallest absolute Gasteiger partial charge is 0.257 e. The summed E-state index contributed by atoms with van der Waals surface area (Å²) in [5.41, 5.74) is 4.11. The van der Waals surface area contributed by atoms with Crippen molar-refractivity contribution in [1.82, 2.24) is 9.91 Å². The van der Waals surface area contributed by atoms with E-state index >= 15 is 0 Å². The molecule has 2 aliphatic heterocycles. The standard InChI is InChI=1S/C24H28ClN3O/c1-17-10-12-19(13-11-17)23-15-22(20-8-3-4-9-21(20)25)26-28(23)24(29)16-27-14-6-5-7-18(27)2/h3-4,8-13,18,23H,5-7,14-16H2,1-2H3. The first kappa shape index (κ1) is 20.1. The number of benzene rings is 2. The van der Waals surface area contributed by atoms with Crippen LogP contribution >= 0.6 is 11.6 Å². The summed E-state index contributed by atoms with van der Waals surface area (Å²) in [7, 11) is 0. The second kappa shape index (κ2) is 8.68. The van der Waals surface area contributed by atoms with Crippen molar-refractivity contribution >= 4 is 23.2 Å². The molecule has 1 amide bonds. The summed E-state index contributed by atoms with van der Waals surface area (Å²) >= 11 is 6.43. The monoisotopic (exact) mass is 409 g/mol. The molecule has 0 N–H and O–H groups in total. The maximum Gasteiger partial charge on any atom is 0.257 e. The first-order valence-corrected chi connectivity index (χ1v) is 10.9. The minimum Gasteiger partial charge on any atom is -0.292 e. The maximum atomic E-state index is 13.3. The number of hydrogen-bond donors (Lipinski definition) is 0. The normalized spacial score (nSPS) is 22.6. The lowest BCUT2D eigenvalue weighted by Gasteiger charge is -2.34. The van der Waals surface area contributed by atoms with E-state index in [0.717, 1.165) is 36.2 Å². The summed E-state index contributed by atoms with van der Waals surface area (Å²) < 4.78 is 0. The summed E-state index contributed by atoms with van der Waals surface area (Å²) in [5.74, 6) is 0.0615. The molecule has 2 atom stereocenters. The molecule has 4 rings (SSSR count). The topological polar surface area (TPSA) is 35.9 Å². The number of amides is 1. The third kappa shape index (κ3) is 4.39. The maximum absolute atomic E-state index is 13.3. The van der Waals surface area contributed by atoms with Crippen molar-refractivity contribution in [2.75, 3.05) is 13.1 Å². The number of hydrogen-bond acceptors (Lipinski definition) is 3. The summed E-state index contributed by atoms with van der Waals surface area (Å²) in [6.07, 6.45) is 4.24. The van der Waals surface area contributed by atoms with Gasteiger partial charge in [-0.25, -0.2) is 5.01 Å². The first-order valence-electron chi connectivity index (χ1n) is 10.5. The lowest BCUT2D eigenvalue weighted by molar-refractivity contribution is -0.135. The number of halogens is 1. The number of likely N-dealkylation sites (tertiary alicyclic amines) is 1. The van der Waals surface area contributed by atoms with Gasteiger partial charge in [0.1, 0.15) is 0 Å². The highest BCUT2D eigenvalue weighted by atomic mass is 35.5. The van der Waals surface area contributed by atoms with Gasteiger partial charge in [-0.05, 0) is 44.9 Å². The molecule has 0 aromatic heterocycles. The molecule has 2 aliphatic rings. The highest BCUT2D eigenvalue weighted by Crippen LogP contribution is 2.34. The Morgan fingerprint density at radius 3 is 2.62 bits per heavy atom. The highest BCUT2D eigenvalue weighted by molar-refractivity contribution is 6.34. The Bertz CT molecular complexity index is 909. The van der Waals surface area contributed by atoms with Crippen LogP contribution in [0.1, 0.15) is 55.3 Å². The number of aryl methyl sites for hydroxylation is 1. The van der Waals surface area contributed by atoms with Crippen LogP contribution in [-0.2, 0) is 4.79 Å². The Kier molecular flexibility index (Phi) is 6.02. The number of piperidine rings is 1. The molecule has 0 aliphatic carbocycles. The average molecular weight is 410 g/mol. The second-order valence-corrected chi connectivity index (χ2v) is 8.62. The van der Waals surface area contributed by atoms with Crippen LogP contribution in [0.5, 0.6) is 0 Å². The van der Waals surface area contributed by atoms with Crippen molar-refractivity contribution in [2.24, 2.45) is 5.10 Å². The number of carbonyl (C=O) groups excluding carboxylic acids is 1. The second-order valence-electron chi connectivity index (χ2n) is 8.21. The molecule has 2 heterocycles. The quantitative estimate of drug-likeness (QED) is 0.695. The van der Waals surface area contributed by atoms with Crippen LogP contribution in [-0.4, -0.2) is 40.7 Å². The van der Waals surface area contributed by atoms with E-state index in [0.29, 0.717) is 24.0 Å². The van der Waals surface area contributed by atoms with E-state index in [9.17, 15) is 4.79 Å². The van der Waals surface area contributed by atoms with Crippen LogP contribution in [0.4, 0.5) is 0 Å². The van der Waals surface area contributed by atoms with Crippen LogP contribution < -0.4 is 0 Å². The van der Waals surface area contributed by atoms with Gasteiger partial charge < -0.3 is 0 Å².